The van der Waals surface area contributed by atoms with Gasteiger partial charge < -0.3 is 10.2 Å². The first-order valence-corrected chi connectivity index (χ1v) is 9.20. The lowest BCUT2D eigenvalue weighted by molar-refractivity contribution is 0.0694. The summed E-state index contributed by atoms with van der Waals surface area (Å²) in [5.74, 6) is -0.281. The predicted molar refractivity (Wildman–Crippen MR) is 103 cm³/mol. The van der Waals surface area contributed by atoms with Crippen molar-refractivity contribution in [3.8, 4) is 0 Å². The van der Waals surface area contributed by atoms with Gasteiger partial charge in [-0.25, -0.2) is 0 Å². The van der Waals surface area contributed by atoms with Crippen LogP contribution in [0.3, 0.4) is 0 Å². The smallest absolute Gasteiger partial charge is 0.272 e. The molecule has 1 aliphatic rings. The molecule has 0 fully saturated rings. The van der Waals surface area contributed by atoms with Crippen LogP contribution in [-0.4, -0.2) is 42.8 Å². The van der Waals surface area contributed by atoms with Gasteiger partial charge in [-0.1, -0.05) is 30.3 Å². The number of rotatable bonds is 4. The summed E-state index contributed by atoms with van der Waals surface area (Å²) in [6.45, 7) is 3.84. The van der Waals surface area contributed by atoms with Gasteiger partial charge in [0.1, 0.15) is 5.69 Å². The molecule has 8 nitrogen and oxygen atoms in total. The number of hydrogen-bond acceptors (Lipinski definition) is 4. The zero-order chi connectivity index (χ0) is 19.7. The third kappa shape index (κ3) is 3.53. The molecule has 1 aliphatic heterocycles. The number of carbonyl (C=O) groups is 2. The molecule has 4 rings (SSSR count). The minimum absolute atomic E-state index is 0.0642. The summed E-state index contributed by atoms with van der Waals surface area (Å²) in [7, 11) is 1.77. The van der Waals surface area contributed by atoms with Crippen molar-refractivity contribution in [3.63, 3.8) is 0 Å². The number of aromatic nitrogens is 4. The molecule has 8 heteroatoms. The molecule has 2 amide bonds. The fourth-order valence-corrected chi connectivity index (χ4v) is 3.39. The maximum Gasteiger partial charge on any atom is 0.272 e. The van der Waals surface area contributed by atoms with Crippen molar-refractivity contribution in [2.75, 3.05) is 6.54 Å². The summed E-state index contributed by atoms with van der Waals surface area (Å²) >= 11 is 0. The summed E-state index contributed by atoms with van der Waals surface area (Å²) in [4.78, 5) is 27.0. The lowest BCUT2D eigenvalue weighted by Gasteiger charge is -2.27. The minimum atomic E-state index is -0.217. The maximum atomic E-state index is 12.8. The molecule has 0 bridgehead atoms. The van der Waals surface area contributed by atoms with Gasteiger partial charge >= 0.3 is 0 Å². The molecule has 0 radical (unpaired) electrons. The van der Waals surface area contributed by atoms with Gasteiger partial charge in [0.05, 0.1) is 24.5 Å². The van der Waals surface area contributed by atoms with Crippen LogP contribution >= 0.6 is 0 Å². The normalized spacial score (nSPS) is 13.3. The summed E-state index contributed by atoms with van der Waals surface area (Å²) in [5.41, 5.74) is 3.62. The molecule has 0 spiro atoms. The molecular formula is C20H22N6O2. The van der Waals surface area contributed by atoms with E-state index in [-0.39, 0.29) is 11.8 Å². The number of nitrogens with one attached hydrogen (secondary N) is 1. The fourth-order valence-electron chi connectivity index (χ4n) is 3.39. The van der Waals surface area contributed by atoms with E-state index in [4.69, 9.17) is 0 Å². The first-order chi connectivity index (χ1) is 13.5. The Labute approximate surface area is 162 Å². The van der Waals surface area contributed by atoms with E-state index in [1.165, 1.54) is 0 Å². The van der Waals surface area contributed by atoms with E-state index in [0.717, 1.165) is 17.0 Å². The number of nitrogens with zero attached hydrogens (tertiary/aromatic N) is 5. The highest BCUT2D eigenvalue weighted by Gasteiger charge is 2.26. The Morgan fingerprint density at radius 1 is 1.11 bits per heavy atom. The number of fused-ring (bicyclic) bond motifs is 1. The number of hydrogen-bond donors (Lipinski definition) is 1. The SMILES string of the molecule is Cc1cc(C(=O)N2CCn3nc(C(=O)NCc4ccccc4)cc3C2)n(C)n1. The quantitative estimate of drug-likeness (QED) is 0.746. The second-order valence-corrected chi connectivity index (χ2v) is 6.93. The van der Waals surface area contributed by atoms with E-state index in [9.17, 15) is 9.59 Å². The van der Waals surface area contributed by atoms with E-state index in [0.29, 0.717) is 37.6 Å². The van der Waals surface area contributed by atoms with Gasteiger partial charge in [-0.3, -0.25) is 19.0 Å². The van der Waals surface area contributed by atoms with Crippen molar-refractivity contribution >= 4 is 11.8 Å². The summed E-state index contributed by atoms with van der Waals surface area (Å²) < 4.78 is 3.40. The maximum absolute atomic E-state index is 12.8. The summed E-state index contributed by atoms with van der Waals surface area (Å²) in [6, 6.07) is 13.3. The monoisotopic (exact) mass is 378 g/mol. The van der Waals surface area contributed by atoms with Crippen molar-refractivity contribution in [1.82, 2.24) is 29.8 Å². The molecule has 0 saturated heterocycles. The highest BCUT2D eigenvalue weighted by molar-refractivity contribution is 5.93. The Balaban J connectivity index is 1.44. The standard InChI is InChI=1S/C20H22N6O2/c1-14-10-18(24(2)22-14)20(28)25-8-9-26-16(13-25)11-17(23-26)19(27)21-12-15-6-4-3-5-7-15/h3-7,10-11H,8-9,12-13H2,1-2H3,(H,21,27). The molecule has 0 saturated carbocycles. The van der Waals surface area contributed by atoms with E-state index in [1.807, 2.05) is 37.3 Å². The van der Waals surface area contributed by atoms with Gasteiger partial charge in [-0.15, -0.1) is 0 Å². The van der Waals surface area contributed by atoms with Crippen LogP contribution in [0.4, 0.5) is 0 Å². The van der Waals surface area contributed by atoms with Gasteiger partial charge in [0, 0.05) is 20.1 Å². The molecule has 0 aliphatic carbocycles. The van der Waals surface area contributed by atoms with Crippen LogP contribution in [0.1, 0.15) is 37.9 Å². The van der Waals surface area contributed by atoms with Gasteiger partial charge in [0.2, 0.25) is 0 Å². The Bertz CT molecular complexity index is 1020. The first-order valence-electron chi connectivity index (χ1n) is 9.20. The summed E-state index contributed by atoms with van der Waals surface area (Å²) in [6.07, 6.45) is 0. The molecule has 1 N–H and O–H groups in total. The largest absolute Gasteiger partial charge is 0.347 e. The average molecular weight is 378 g/mol. The van der Waals surface area contributed by atoms with E-state index in [1.54, 1.807) is 33.4 Å². The molecule has 0 unspecified atom stereocenters. The van der Waals surface area contributed by atoms with Crippen LogP contribution in [-0.2, 0) is 26.7 Å². The van der Waals surface area contributed by atoms with Gasteiger partial charge in [-0.05, 0) is 24.6 Å². The second kappa shape index (κ2) is 7.30. The molecular weight excluding hydrogens is 356 g/mol. The van der Waals surface area contributed by atoms with E-state index < -0.39 is 0 Å². The van der Waals surface area contributed by atoms with Crippen LogP contribution in [0, 0.1) is 6.92 Å². The average Bonchev–Trinajstić information content (AvgIpc) is 3.28. The summed E-state index contributed by atoms with van der Waals surface area (Å²) in [5, 5.41) is 11.5. The van der Waals surface area contributed by atoms with Crippen LogP contribution in [0.5, 0.6) is 0 Å². The van der Waals surface area contributed by atoms with Crippen LogP contribution < -0.4 is 5.32 Å². The Kier molecular flexibility index (Phi) is 4.68. The van der Waals surface area contributed by atoms with Gasteiger partial charge in [-0.2, -0.15) is 10.2 Å². The highest BCUT2D eigenvalue weighted by Crippen LogP contribution is 2.17. The lowest BCUT2D eigenvalue weighted by Crippen LogP contribution is -2.39. The molecule has 3 aromatic rings. The van der Waals surface area contributed by atoms with Crippen molar-refractivity contribution in [3.05, 3.63) is 70.8 Å². The molecule has 0 atom stereocenters. The number of benzene rings is 1. The van der Waals surface area contributed by atoms with Crippen LogP contribution in [0.15, 0.2) is 42.5 Å². The number of amides is 2. The second-order valence-electron chi connectivity index (χ2n) is 6.93. The van der Waals surface area contributed by atoms with Crippen molar-refractivity contribution in [2.45, 2.75) is 26.6 Å². The highest BCUT2D eigenvalue weighted by atomic mass is 16.2. The van der Waals surface area contributed by atoms with Crippen molar-refractivity contribution in [1.29, 1.82) is 0 Å². The Morgan fingerprint density at radius 3 is 2.61 bits per heavy atom. The topological polar surface area (TPSA) is 85.0 Å². The lowest BCUT2D eigenvalue weighted by atomic mass is 10.2. The van der Waals surface area contributed by atoms with E-state index in [2.05, 4.69) is 15.5 Å². The van der Waals surface area contributed by atoms with Crippen molar-refractivity contribution < 1.29 is 9.59 Å². The fraction of sp³-hybridized carbons (Fsp3) is 0.300. The van der Waals surface area contributed by atoms with Crippen molar-refractivity contribution in [2.24, 2.45) is 7.05 Å². The van der Waals surface area contributed by atoms with Crippen LogP contribution in [0.2, 0.25) is 0 Å². The zero-order valence-electron chi connectivity index (χ0n) is 15.9. The van der Waals surface area contributed by atoms with Crippen LogP contribution in [0.25, 0.3) is 0 Å². The van der Waals surface area contributed by atoms with E-state index >= 15 is 0 Å². The first kappa shape index (κ1) is 18.0. The molecule has 2 aromatic heterocycles. The van der Waals surface area contributed by atoms with Gasteiger partial charge in [0.15, 0.2) is 5.69 Å². The Hall–Kier alpha value is -3.42. The third-order valence-electron chi connectivity index (χ3n) is 4.83. The molecule has 144 valence electrons. The van der Waals surface area contributed by atoms with Gasteiger partial charge in [0.25, 0.3) is 11.8 Å². The zero-order valence-corrected chi connectivity index (χ0v) is 15.9. The third-order valence-corrected chi connectivity index (χ3v) is 4.83. The minimum Gasteiger partial charge on any atom is -0.347 e. The predicted octanol–water partition coefficient (Wildman–Crippen LogP) is 1.51. The molecule has 3 heterocycles. The number of carbonyl (C=O) groups excluding carboxylic acids is 2. The molecule has 1 aromatic carbocycles. The molecule has 28 heavy (non-hydrogen) atoms. The number of aryl methyl sites for hydroxylation is 2. The Morgan fingerprint density at radius 2 is 1.89 bits per heavy atom.